The van der Waals surface area contributed by atoms with E-state index >= 15 is 0 Å². The lowest BCUT2D eigenvalue weighted by Crippen LogP contribution is -1.84. The summed E-state index contributed by atoms with van der Waals surface area (Å²) >= 11 is 1.42. The molecule has 0 aliphatic rings. The van der Waals surface area contributed by atoms with Crippen molar-refractivity contribution in [3.8, 4) is 16.3 Å². The molecule has 1 heterocycles. The number of nitrogens with one attached hydrogen (secondary N) is 1. The Kier molecular flexibility index (Phi) is 2.60. The quantitative estimate of drug-likeness (QED) is 0.740. The molecular weight excluding hydrogens is 246 g/mol. The van der Waals surface area contributed by atoms with Gasteiger partial charge in [-0.05, 0) is 22.9 Å². The van der Waals surface area contributed by atoms with Crippen LogP contribution in [0.25, 0.3) is 21.3 Å². The normalized spacial score (nSPS) is 10.7. The maximum Gasteiger partial charge on any atom is 0.205 e. The predicted molar refractivity (Wildman–Crippen MR) is 74.1 cm³/mol. The highest BCUT2D eigenvalue weighted by molar-refractivity contribution is 7.18. The van der Waals surface area contributed by atoms with Gasteiger partial charge < -0.3 is 10.4 Å². The van der Waals surface area contributed by atoms with Gasteiger partial charge in [0.15, 0.2) is 5.01 Å². The van der Waals surface area contributed by atoms with Gasteiger partial charge in [-0.15, -0.1) is 10.2 Å². The fourth-order valence-corrected chi connectivity index (χ4v) is 2.55. The molecule has 0 unspecified atom stereocenters. The van der Waals surface area contributed by atoms with E-state index in [1.807, 2.05) is 30.3 Å². The molecule has 0 amide bonds. The molecular formula is C13H11N3OS. The van der Waals surface area contributed by atoms with Gasteiger partial charge in [-0.1, -0.05) is 35.6 Å². The first kappa shape index (κ1) is 11.0. The summed E-state index contributed by atoms with van der Waals surface area (Å²) in [6.07, 6.45) is 0. The van der Waals surface area contributed by atoms with Crippen molar-refractivity contribution in [3.05, 3.63) is 36.4 Å². The fourth-order valence-electron chi connectivity index (χ4n) is 1.83. The first-order chi connectivity index (χ1) is 8.78. The van der Waals surface area contributed by atoms with Crippen molar-refractivity contribution < 1.29 is 5.11 Å². The molecule has 0 aliphatic heterocycles. The van der Waals surface area contributed by atoms with E-state index in [4.69, 9.17) is 0 Å². The highest BCUT2D eigenvalue weighted by atomic mass is 32.1. The van der Waals surface area contributed by atoms with Crippen LogP contribution in [0.1, 0.15) is 0 Å². The summed E-state index contributed by atoms with van der Waals surface area (Å²) in [6, 6.07) is 11.6. The number of fused-ring (bicyclic) bond motifs is 1. The second-order valence-corrected chi connectivity index (χ2v) is 4.86. The molecule has 0 saturated heterocycles. The zero-order valence-corrected chi connectivity index (χ0v) is 10.5. The number of phenols is 1. The molecule has 3 aromatic rings. The third kappa shape index (κ3) is 1.78. The van der Waals surface area contributed by atoms with Crippen molar-refractivity contribution in [2.75, 3.05) is 12.4 Å². The predicted octanol–water partition coefficient (Wildman–Crippen LogP) is 3.11. The Bertz CT molecular complexity index is 708. The summed E-state index contributed by atoms with van der Waals surface area (Å²) in [5.41, 5.74) is 0.715. The Morgan fingerprint density at radius 3 is 2.50 bits per heavy atom. The van der Waals surface area contributed by atoms with Crippen LogP contribution >= 0.6 is 11.3 Å². The van der Waals surface area contributed by atoms with Crippen molar-refractivity contribution in [3.63, 3.8) is 0 Å². The van der Waals surface area contributed by atoms with Crippen molar-refractivity contribution in [1.82, 2.24) is 10.2 Å². The van der Waals surface area contributed by atoms with Gasteiger partial charge >= 0.3 is 0 Å². The number of rotatable bonds is 2. The van der Waals surface area contributed by atoms with Gasteiger partial charge in [-0.2, -0.15) is 0 Å². The minimum absolute atomic E-state index is 0.229. The molecule has 0 bridgehead atoms. The first-order valence-corrected chi connectivity index (χ1v) is 6.33. The van der Waals surface area contributed by atoms with Gasteiger partial charge in [0.05, 0.1) is 5.56 Å². The zero-order valence-electron chi connectivity index (χ0n) is 9.71. The molecule has 90 valence electrons. The van der Waals surface area contributed by atoms with Crippen molar-refractivity contribution in [2.45, 2.75) is 0 Å². The SMILES string of the molecule is CNc1nnc(-c2cc3ccccc3cc2O)s1. The van der Waals surface area contributed by atoms with E-state index in [0.29, 0.717) is 10.6 Å². The lowest BCUT2D eigenvalue weighted by atomic mass is 10.1. The van der Waals surface area contributed by atoms with Crippen LogP contribution in [-0.4, -0.2) is 22.4 Å². The summed E-state index contributed by atoms with van der Waals surface area (Å²) in [6.45, 7) is 0. The van der Waals surface area contributed by atoms with Crippen molar-refractivity contribution >= 4 is 27.2 Å². The van der Waals surface area contributed by atoms with E-state index in [1.54, 1.807) is 13.1 Å². The van der Waals surface area contributed by atoms with Crippen LogP contribution in [0.15, 0.2) is 36.4 Å². The lowest BCUT2D eigenvalue weighted by Gasteiger charge is -2.03. The maximum atomic E-state index is 10.1. The highest BCUT2D eigenvalue weighted by Gasteiger charge is 2.11. The third-order valence-corrected chi connectivity index (χ3v) is 3.71. The molecule has 0 radical (unpaired) electrons. The van der Waals surface area contributed by atoms with E-state index in [2.05, 4.69) is 15.5 Å². The minimum atomic E-state index is 0.229. The zero-order chi connectivity index (χ0) is 12.5. The van der Waals surface area contributed by atoms with Gasteiger partial charge in [0, 0.05) is 7.05 Å². The van der Waals surface area contributed by atoms with Gasteiger partial charge in [0.25, 0.3) is 0 Å². The monoisotopic (exact) mass is 257 g/mol. The van der Waals surface area contributed by atoms with Gasteiger partial charge in [0.1, 0.15) is 5.75 Å². The number of nitrogens with zero attached hydrogens (tertiary/aromatic N) is 2. The Morgan fingerprint density at radius 2 is 1.83 bits per heavy atom. The summed E-state index contributed by atoms with van der Waals surface area (Å²) in [4.78, 5) is 0. The molecule has 18 heavy (non-hydrogen) atoms. The Balaban J connectivity index is 2.19. The maximum absolute atomic E-state index is 10.1. The average molecular weight is 257 g/mol. The number of hydrogen-bond acceptors (Lipinski definition) is 5. The van der Waals surface area contributed by atoms with Gasteiger partial charge in [0.2, 0.25) is 5.13 Å². The second kappa shape index (κ2) is 4.27. The Hall–Kier alpha value is -2.14. The molecule has 0 atom stereocenters. The average Bonchev–Trinajstić information content (AvgIpc) is 2.86. The number of phenolic OH excluding ortho intramolecular Hbond substituents is 1. The second-order valence-electron chi connectivity index (χ2n) is 3.88. The van der Waals surface area contributed by atoms with Crippen LogP contribution in [0, 0.1) is 0 Å². The van der Waals surface area contributed by atoms with Crippen LogP contribution in [0.3, 0.4) is 0 Å². The highest BCUT2D eigenvalue weighted by Crippen LogP contribution is 2.35. The van der Waals surface area contributed by atoms with Crippen LogP contribution in [0.5, 0.6) is 5.75 Å². The van der Waals surface area contributed by atoms with Crippen molar-refractivity contribution in [2.24, 2.45) is 0 Å². The number of benzene rings is 2. The molecule has 3 rings (SSSR count). The summed E-state index contributed by atoms with van der Waals surface area (Å²) in [5, 5.41) is 24.6. The number of anilines is 1. The smallest absolute Gasteiger partial charge is 0.205 e. The van der Waals surface area contributed by atoms with E-state index in [0.717, 1.165) is 15.9 Å². The standard InChI is InChI=1S/C13H11N3OS/c1-14-13-16-15-12(18-13)10-6-8-4-2-3-5-9(8)7-11(10)17/h2-7,17H,1H3,(H,14,16). The van der Waals surface area contributed by atoms with Crippen molar-refractivity contribution in [1.29, 1.82) is 0 Å². The molecule has 0 aliphatic carbocycles. The largest absolute Gasteiger partial charge is 0.507 e. The van der Waals surface area contributed by atoms with Crippen LogP contribution in [0.2, 0.25) is 0 Å². The fraction of sp³-hybridized carbons (Fsp3) is 0.0769. The lowest BCUT2D eigenvalue weighted by molar-refractivity contribution is 0.478. The van der Waals surface area contributed by atoms with Gasteiger partial charge in [-0.3, -0.25) is 0 Å². The number of hydrogen-bond donors (Lipinski definition) is 2. The van der Waals surface area contributed by atoms with E-state index in [9.17, 15) is 5.11 Å². The molecule has 2 aromatic carbocycles. The summed E-state index contributed by atoms with van der Waals surface area (Å²) < 4.78 is 0. The van der Waals surface area contributed by atoms with E-state index in [1.165, 1.54) is 11.3 Å². The summed E-state index contributed by atoms with van der Waals surface area (Å²) in [7, 11) is 1.80. The Morgan fingerprint density at radius 1 is 1.11 bits per heavy atom. The molecule has 0 spiro atoms. The minimum Gasteiger partial charge on any atom is -0.507 e. The molecule has 0 saturated carbocycles. The van der Waals surface area contributed by atoms with Crippen LogP contribution in [0.4, 0.5) is 5.13 Å². The molecule has 1 aromatic heterocycles. The Labute approximate surface area is 108 Å². The first-order valence-electron chi connectivity index (χ1n) is 5.51. The third-order valence-electron chi connectivity index (χ3n) is 2.73. The topological polar surface area (TPSA) is 58.0 Å². The van der Waals surface area contributed by atoms with Gasteiger partial charge in [-0.25, -0.2) is 0 Å². The molecule has 5 heteroatoms. The van der Waals surface area contributed by atoms with E-state index in [-0.39, 0.29) is 5.75 Å². The van der Waals surface area contributed by atoms with Crippen LogP contribution in [-0.2, 0) is 0 Å². The number of aromatic hydroxyl groups is 1. The molecule has 2 N–H and O–H groups in total. The molecule has 4 nitrogen and oxygen atoms in total. The van der Waals surface area contributed by atoms with Crippen LogP contribution < -0.4 is 5.32 Å². The number of aromatic nitrogens is 2. The molecule has 0 fully saturated rings. The van der Waals surface area contributed by atoms with E-state index < -0.39 is 0 Å². The summed E-state index contributed by atoms with van der Waals surface area (Å²) in [5.74, 6) is 0.229.